The van der Waals surface area contributed by atoms with Crippen molar-refractivity contribution in [1.82, 2.24) is 4.98 Å². The van der Waals surface area contributed by atoms with Crippen LogP contribution in [0.25, 0.3) is 10.9 Å². The zero-order chi connectivity index (χ0) is 18.5. The van der Waals surface area contributed by atoms with Crippen LogP contribution in [0.3, 0.4) is 0 Å². The molecule has 0 aliphatic carbocycles. The van der Waals surface area contributed by atoms with Gasteiger partial charge in [0.1, 0.15) is 11.5 Å². The molecule has 134 valence electrons. The summed E-state index contributed by atoms with van der Waals surface area (Å²) in [4.78, 5) is 16.3. The maximum absolute atomic E-state index is 12.0. The van der Waals surface area contributed by atoms with Crippen LogP contribution >= 0.6 is 0 Å². The number of carbonyl (C=O) groups excluding carboxylic acids is 1. The van der Waals surface area contributed by atoms with E-state index in [0.717, 1.165) is 28.3 Å². The first-order valence-electron chi connectivity index (χ1n) is 8.21. The Morgan fingerprint density at radius 3 is 2.42 bits per heavy atom. The van der Waals surface area contributed by atoms with E-state index >= 15 is 0 Å². The van der Waals surface area contributed by atoms with Crippen LogP contribution in [0, 0.1) is 0 Å². The number of ether oxygens (including phenoxy) is 3. The predicted molar refractivity (Wildman–Crippen MR) is 101 cm³/mol. The van der Waals surface area contributed by atoms with E-state index in [4.69, 9.17) is 14.2 Å². The molecule has 0 atom stereocenters. The van der Waals surface area contributed by atoms with Gasteiger partial charge in [-0.25, -0.2) is 9.78 Å². The van der Waals surface area contributed by atoms with Crippen LogP contribution in [0.15, 0.2) is 48.5 Å². The van der Waals surface area contributed by atoms with Crippen molar-refractivity contribution in [2.24, 2.45) is 0 Å². The number of aromatic nitrogens is 1. The SMILES string of the molecule is CCOc1ccc2nc(C(=O)OC)cc(Nc3ccc(OC)cc3)c2c1. The second-order valence-corrected chi connectivity index (χ2v) is 5.51. The average molecular weight is 352 g/mol. The Morgan fingerprint density at radius 1 is 1.04 bits per heavy atom. The van der Waals surface area contributed by atoms with Crippen molar-refractivity contribution in [3.05, 3.63) is 54.2 Å². The fraction of sp³-hybridized carbons (Fsp3) is 0.200. The smallest absolute Gasteiger partial charge is 0.356 e. The molecular formula is C20H20N2O4. The molecule has 0 saturated heterocycles. The molecule has 1 aromatic heterocycles. The lowest BCUT2D eigenvalue weighted by atomic mass is 10.1. The van der Waals surface area contributed by atoms with Crippen molar-refractivity contribution in [3.8, 4) is 11.5 Å². The van der Waals surface area contributed by atoms with Gasteiger partial charge in [0, 0.05) is 11.1 Å². The number of esters is 1. The Labute approximate surface area is 151 Å². The predicted octanol–water partition coefficient (Wildman–Crippen LogP) is 4.17. The second-order valence-electron chi connectivity index (χ2n) is 5.51. The maximum atomic E-state index is 12.0. The first-order valence-corrected chi connectivity index (χ1v) is 8.21. The molecule has 2 aromatic carbocycles. The molecule has 3 aromatic rings. The quantitative estimate of drug-likeness (QED) is 0.672. The largest absolute Gasteiger partial charge is 0.497 e. The van der Waals surface area contributed by atoms with Crippen LogP contribution < -0.4 is 14.8 Å². The molecule has 0 radical (unpaired) electrons. The van der Waals surface area contributed by atoms with Crippen LogP contribution in [-0.4, -0.2) is 31.8 Å². The number of hydrogen-bond acceptors (Lipinski definition) is 6. The average Bonchev–Trinajstić information content (AvgIpc) is 2.68. The number of fused-ring (bicyclic) bond motifs is 1. The van der Waals surface area contributed by atoms with Gasteiger partial charge in [-0.05, 0) is 55.5 Å². The van der Waals surface area contributed by atoms with Gasteiger partial charge in [0.15, 0.2) is 5.69 Å². The van der Waals surface area contributed by atoms with Crippen LogP contribution in [0.1, 0.15) is 17.4 Å². The molecule has 6 nitrogen and oxygen atoms in total. The number of nitrogens with zero attached hydrogens (tertiary/aromatic N) is 1. The van der Waals surface area contributed by atoms with Gasteiger partial charge in [0.25, 0.3) is 0 Å². The van der Waals surface area contributed by atoms with E-state index in [1.165, 1.54) is 7.11 Å². The van der Waals surface area contributed by atoms with Gasteiger partial charge in [-0.15, -0.1) is 0 Å². The van der Waals surface area contributed by atoms with E-state index in [-0.39, 0.29) is 5.69 Å². The third kappa shape index (κ3) is 3.69. The Kier molecular flexibility index (Phi) is 5.22. The normalized spacial score (nSPS) is 10.4. The summed E-state index contributed by atoms with van der Waals surface area (Å²) < 4.78 is 15.6. The molecule has 0 fully saturated rings. The summed E-state index contributed by atoms with van der Waals surface area (Å²) in [5.74, 6) is 1.02. The molecule has 0 aliphatic rings. The monoisotopic (exact) mass is 352 g/mol. The molecule has 0 aliphatic heterocycles. The van der Waals surface area contributed by atoms with Gasteiger partial charge in [0.2, 0.25) is 0 Å². The molecule has 6 heteroatoms. The van der Waals surface area contributed by atoms with Gasteiger partial charge in [-0.1, -0.05) is 0 Å². The first-order chi connectivity index (χ1) is 12.6. The van der Waals surface area contributed by atoms with Crippen molar-refractivity contribution in [3.63, 3.8) is 0 Å². The van der Waals surface area contributed by atoms with Gasteiger partial charge in [0.05, 0.1) is 32.0 Å². The molecule has 0 saturated carbocycles. The molecule has 0 spiro atoms. The van der Waals surface area contributed by atoms with E-state index < -0.39 is 5.97 Å². The van der Waals surface area contributed by atoms with Gasteiger partial charge >= 0.3 is 5.97 Å². The third-order valence-corrected chi connectivity index (χ3v) is 3.85. The topological polar surface area (TPSA) is 69.7 Å². The van der Waals surface area contributed by atoms with Crippen LogP contribution in [0.5, 0.6) is 11.5 Å². The lowest BCUT2D eigenvalue weighted by molar-refractivity contribution is 0.0594. The number of methoxy groups -OCH3 is 2. The molecule has 0 unspecified atom stereocenters. The van der Waals surface area contributed by atoms with Gasteiger partial charge in [-0.2, -0.15) is 0 Å². The van der Waals surface area contributed by atoms with Crippen molar-refractivity contribution in [2.75, 3.05) is 26.1 Å². The number of hydrogen-bond donors (Lipinski definition) is 1. The van der Waals surface area contributed by atoms with E-state index in [1.54, 1.807) is 13.2 Å². The number of anilines is 2. The Balaban J connectivity index is 2.08. The fourth-order valence-electron chi connectivity index (χ4n) is 2.60. The minimum Gasteiger partial charge on any atom is -0.497 e. The first kappa shape index (κ1) is 17.5. The van der Waals surface area contributed by atoms with E-state index in [9.17, 15) is 4.79 Å². The summed E-state index contributed by atoms with van der Waals surface area (Å²) in [7, 11) is 2.96. The number of pyridine rings is 1. The van der Waals surface area contributed by atoms with Crippen molar-refractivity contribution in [1.29, 1.82) is 0 Å². The van der Waals surface area contributed by atoms with E-state index in [0.29, 0.717) is 12.1 Å². The number of benzene rings is 2. The van der Waals surface area contributed by atoms with Crippen molar-refractivity contribution >= 4 is 28.2 Å². The number of rotatable bonds is 6. The van der Waals surface area contributed by atoms with Gasteiger partial charge in [-0.3, -0.25) is 0 Å². The maximum Gasteiger partial charge on any atom is 0.356 e. The number of nitrogens with one attached hydrogen (secondary N) is 1. The molecule has 26 heavy (non-hydrogen) atoms. The summed E-state index contributed by atoms with van der Waals surface area (Å²) in [6, 6.07) is 14.7. The summed E-state index contributed by atoms with van der Waals surface area (Å²) in [5.41, 5.74) is 2.51. The molecule has 0 amide bonds. The van der Waals surface area contributed by atoms with Crippen LogP contribution in [0.4, 0.5) is 11.4 Å². The van der Waals surface area contributed by atoms with Crippen LogP contribution in [-0.2, 0) is 4.74 Å². The summed E-state index contributed by atoms with van der Waals surface area (Å²) in [6.45, 7) is 2.50. The van der Waals surface area contributed by atoms with Crippen molar-refractivity contribution in [2.45, 2.75) is 6.92 Å². The van der Waals surface area contributed by atoms with Crippen LogP contribution in [0.2, 0.25) is 0 Å². The van der Waals surface area contributed by atoms with E-state index in [2.05, 4.69) is 10.3 Å². The highest BCUT2D eigenvalue weighted by atomic mass is 16.5. The second kappa shape index (κ2) is 7.74. The fourth-order valence-corrected chi connectivity index (χ4v) is 2.60. The molecule has 1 N–H and O–H groups in total. The highest BCUT2D eigenvalue weighted by molar-refractivity contribution is 5.99. The lowest BCUT2D eigenvalue weighted by Gasteiger charge is -2.13. The molecule has 3 rings (SSSR count). The highest BCUT2D eigenvalue weighted by Gasteiger charge is 2.13. The summed E-state index contributed by atoms with van der Waals surface area (Å²) >= 11 is 0. The number of carbonyl (C=O) groups is 1. The minimum absolute atomic E-state index is 0.236. The standard InChI is InChI=1S/C20H20N2O4/c1-4-26-15-9-10-17-16(11-15)18(12-19(22-17)20(23)25-3)21-13-5-7-14(24-2)8-6-13/h5-12H,4H2,1-3H3,(H,21,22). The summed E-state index contributed by atoms with van der Waals surface area (Å²) in [5, 5.41) is 4.17. The third-order valence-electron chi connectivity index (χ3n) is 3.85. The molecule has 1 heterocycles. The Hall–Kier alpha value is -3.28. The zero-order valence-corrected chi connectivity index (χ0v) is 14.9. The lowest BCUT2D eigenvalue weighted by Crippen LogP contribution is -2.06. The van der Waals surface area contributed by atoms with Crippen molar-refractivity contribution < 1.29 is 19.0 Å². The summed E-state index contributed by atoms with van der Waals surface area (Å²) in [6.07, 6.45) is 0. The van der Waals surface area contributed by atoms with E-state index in [1.807, 2.05) is 49.4 Å². The molecule has 0 bridgehead atoms. The zero-order valence-electron chi connectivity index (χ0n) is 14.9. The minimum atomic E-state index is -0.487. The Morgan fingerprint density at radius 2 is 1.77 bits per heavy atom. The molecular weight excluding hydrogens is 332 g/mol. The highest BCUT2D eigenvalue weighted by Crippen LogP contribution is 2.30. The Bertz CT molecular complexity index is 923. The van der Waals surface area contributed by atoms with Gasteiger partial charge < -0.3 is 19.5 Å².